The summed E-state index contributed by atoms with van der Waals surface area (Å²) in [5.74, 6) is -1.07. The molecule has 1 fully saturated rings. The van der Waals surface area contributed by atoms with E-state index in [1.807, 2.05) is 13.0 Å². The number of furan rings is 1. The zero-order chi connectivity index (χ0) is 18.3. The minimum absolute atomic E-state index is 0.103. The Morgan fingerprint density at radius 3 is 2.54 bits per heavy atom. The van der Waals surface area contributed by atoms with Crippen LogP contribution < -0.4 is 9.64 Å². The lowest BCUT2D eigenvalue weighted by molar-refractivity contribution is -0.122. The van der Waals surface area contributed by atoms with Crippen molar-refractivity contribution in [3.8, 4) is 5.75 Å². The maximum atomic E-state index is 12.7. The fraction of sp³-hybridized carbons (Fsp3) is 0.250. The Balaban J connectivity index is 1.51. The van der Waals surface area contributed by atoms with Crippen molar-refractivity contribution in [3.63, 3.8) is 0 Å². The Kier molecular flexibility index (Phi) is 3.95. The van der Waals surface area contributed by atoms with Gasteiger partial charge in [0.2, 0.25) is 17.6 Å². The van der Waals surface area contributed by atoms with Gasteiger partial charge in [-0.15, -0.1) is 0 Å². The molecule has 4 rings (SSSR count). The number of esters is 1. The van der Waals surface area contributed by atoms with Gasteiger partial charge in [-0.25, -0.2) is 4.79 Å². The molecule has 2 atom stereocenters. The molecule has 0 bridgehead atoms. The van der Waals surface area contributed by atoms with Gasteiger partial charge in [0.15, 0.2) is 0 Å². The number of rotatable bonds is 3. The van der Waals surface area contributed by atoms with Gasteiger partial charge >= 0.3 is 5.97 Å². The zero-order valence-electron chi connectivity index (χ0n) is 14.2. The predicted molar refractivity (Wildman–Crippen MR) is 92.6 cm³/mol. The highest BCUT2D eigenvalue weighted by molar-refractivity contribution is 6.22. The number of benzene rings is 1. The van der Waals surface area contributed by atoms with Crippen LogP contribution in [0.1, 0.15) is 30.3 Å². The maximum Gasteiger partial charge on any atom is 0.379 e. The molecule has 0 spiro atoms. The number of nitrogens with zero attached hydrogens (tertiary/aromatic N) is 1. The van der Waals surface area contributed by atoms with E-state index in [2.05, 4.69) is 0 Å². The molecule has 1 aromatic heterocycles. The van der Waals surface area contributed by atoms with Gasteiger partial charge in [-0.05, 0) is 56.2 Å². The summed E-state index contributed by atoms with van der Waals surface area (Å²) in [5, 5.41) is 0. The van der Waals surface area contributed by atoms with Gasteiger partial charge in [-0.2, -0.15) is 0 Å². The topological polar surface area (TPSA) is 76.8 Å². The molecular weight excluding hydrogens is 334 g/mol. The number of fused-ring (bicyclic) bond motifs is 1. The van der Waals surface area contributed by atoms with Gasteiger partial charge < -0.3 is 9.15 Å². The van der Waals surface area contributed by atoms with Crippen LogP contribution in [0.15, 0.2) is 58.7 Å². The van der Waals surface area contributed by atoms with E-state index in [-0.39, 0.29) is 29.4 Å². The molecule has 0 saturated carbocycles. The Labute approximate surface area is 150 Å². The summed E-state index contributed by atoms with van der Waals surface area (Å²) in [7, 11) is 0. The highest BCUT2D eigenvalue weighted by Crippen LogP contribution is 2.39. The van der Waals surface area contributed by atoms with Gasteiger partial charge in [0, 0.05) is 0 Å². The number of carbonyl (C=O) groups excluding carboxylic acids is 3. The summed E-state index contributed by atoms with van der Waals surface area (Å²) in [6.07, 6.45) is 4.66. The lowest BCUT2D eigenvalue weighted by Crippen LogP contribution is -2.30. The molecule has 0 unspecified atom stereocenters. The average molecular weight is 351 g/mol. The first-order valence-corrected chi connectivity index (χ1v) is 8.44. The standard InChI is InChI=1S/C20H17NO5/c1-12-4-9-15-16(11-12)19(23)21(18(15)22)13-5-7-14(8-6-13)26-20(24)17-3-2-10-25-17/h2-8,10,15-16H,9,11H2,1H3/t15-,16-/m0/s1. The Morgan fingerprint density at radius 1 is 1.12 bits per heavy atom. The molecule has 2 amide bonds. The van der Waals surface area contributed by atoms with Crippen molar-refractivity contribution < 1.29 is 23.5 Å². The normalized spacial score (nSPS) is 22.2. The van der Waals surface area contributed by atoms with Crippen LogP contribution in [0, 0.1) is 11.8 Å². The Morgan fingerprint density at radius 2 is 1.85 bits per heavy atom. The highest BCUT2D eigenvalue weighted by Gasteiger charge is 2.48. The summed E-state index contributed by atoms with van der Waals surface area (Å²) < 4.78 is 10.2. The minimum Gasteiger partial charge on any atom is -0.457 e. The Hall–Kier alpha value is -3.15. The average Bonchev–Trinajstić information content (AvgIpc) is 3.24. The van der Waals surface area contributed by atoms with Crippen molar-refractivity contribution in [3.05, 3.63) is 60.1 Å². The fourth-order valence-electron chi connectivity index (χ4n) is 3.51. The molecule has 132 valence electrons. The second kappa shape index (κ2) is 6.29. The molecule has 6 heteroatoms. The second-order valence-corrected chi connectivity index (χ2v) is 6.58. The van der Waals surface area contributed by atoms with E-state index in [9.17, 15) is 14.4 Å². The van der Waals surface area contributed by atoms with Crippen molar-refractivity contribution in [2.24, 2.45) is 11.8 Å². The molecular formula is C20H17NO5. The van der Waals surface area contributed by atoms with Gasteiger partial charge in [-0.1, -0.05) is 11.6 Å². The van der Waals surface area contributed by atoms with Gasteiger partial charge in [0.05, 0.1) is 23.8 Å². The lowest BCUT2D eigenvalue weighted by atomic mass is 9.82. The molecule has 26 heavy (non-hydrogen) atoms. The predicted octanol–water partition coefficient (Wildman–Crippen LogP) is 3.34. The monoisotopic (exact) mass is 351 g/mol. The van der Waals surface area contributed by atoms with Crippen LogP contribution in [0.25, 0.3) is 0 Å². The van der Waals surface area contributed by atoms with Crippen molar-refractivity contribution in [1.29, 1.82) is 0 Å². The van der Waals surface area contributed by atoms with Crippen LogP contribution in [-0.2, 0) is 9.59 Å². The minimum atomic E-state index is -0.608. The van der Waals surface area contributed by atoms with Crippen molar-refractivity contribution in [1.82, 2.24) is 0 Å². The van der Waals surface area contributed by atoms with E-state index in [0.717, 1.165) is 5.57 Å². The van der Waals surface area contributed by atoms with Crippen LogP contribution >= 0.6 is 0 Å². The largest absolute Gasteiger partial charge is 0.457 e. The number of hydrogen-bond acceptors (Lipinski definition) is 5. The first-order chi connectivity index (χ1) is 12.5. The van der Waals surface area contributed by atoms with Crippen LogP contribution in [-0.4, -0.2) is 17.8 Å². The van der Waals surface area contributed by atoms with E-state index in [1.165, 1.54) is 17.2 Å². The molecule has 1 saturated heterocycles. The van der Waals surface area contributed by atoms with E-state index in [0.29, 0.717) is 24.3 Å². The van der Waals surface area contributed by atoms with E-state index in [1.54, 1.807) is 30.3 Å². The molecule has 0 N–H and O–H groups in total. The molecule has 1 aliphatic heterocycles. The van der Waals surface area contributed by atoms with Crippen LogP contribution in [0.2, 0.25) is 0 Å². The van der Waals surface area contributed by atoms with Gasteiger partial charge in [-0.3, -0.25) is 14.5 Å². The van der Waals surface area contributed by atoms with E-state index >= 15 is 0 Å². The Bertz CT molecular complexity index is 895. The van der Waals surface area contributed by atoms with Crippen molar-refractivity contribution in [2.45, 2.75) is 19.8 Å². The third kappa shape index (κ3) is 2.73. The summed E-state index contributed by atoms with van der Waals surface area (Å²) in [6.45, 7) is 1.98. The molecule has 0 radical (unpaired) electrons. The van der Waals surface area contributed by atoms with E-state index in [4.69, 9.17) is 9.15 Å². The van der Waals surface area contributed by atoms with Gasteiger partial charge in [0.25, 0.3) is 0 Å². The first-order valence-electron chi connectivity index (χ1n) is 8.44. The number of carbonyl (C=O) groups is 3. The maximum absolute atomic E-state index is 12.7. The summed E-state index contributed by atoms with van der Waals surface area (Å²) in [4.78, 5) is 38.5. The summed E-state index contributed by atoms with van der Waals surface area (Å²) in [5.41, 5.74) is 1.64. The molecule has 2 aliphatic rings. The number of imide groups is 1. The number of hydrogen-bond donors (Lipinski definition) is 0. The smallest absolute Gasteiger partial charge is 0.379 e. The molecule has 1 aromatic carbocycles. The lowest BCUT2D eigenvalue weighted by Gasteiger charge is -2.18. The van der Waals surface area contributed by atoms with Crippen LogP contribution in [0.5, 0.6) is 5.75 Å². The second-order valence-electron chi connectivity index (χ2n) is 6.58. The number of anilines is 1. The fourth-order valence-corrected chi connectivity index (χ4v) is 3.51. The van der Waals surface area contributed by atoms with Crippen molar-refractivity contribution in [2.75, 3.05) is 4.90 Å². The molecule has 1 aliphatic carbocycles. The third-order valence-corrected chi connectivity index (χ3v) is 4.85. The molecule has 2 heterocycles. The first kappa shape index (κ1) is 16.3. The third-order valence-electron chi connectivity index (χ3n) is 4.85. The van der Waals surface area contributed by atoms with Crippen LogP contribution in [0.4, 0.5) is 5.69 Å². The molecule has 6 nitrogen and oxygen atoms in total. The van der Waals surface area contributed by atoms with Gasteiger partial charge in [0.1, 0.15) is 5.75 Å². The number of allylic oxidation sites excluding steroid dienone is 2. The SMILES string of the molecule is CC1=CC[C@@H]2C(=O)N(c3ccc(OC(=O)c4ccco4)cc3)C(=O)[C@H]2C1. The number of ether oxygens (including phenoxy) is 1. The molecule has 2 aromatic rings. The van der Waals surface area contributed by atoms with E-state index < -0.39 is 5.97 Å². The zero-order valence-corrected chi connectivity index (χ0v) is 14.2. The van der Waals surface area contributed by atoms with Crippen LogP contribution in [0.3, 0.4) is 0 Å². The highest BCUT2D eigenvalue weighted by atomic mass is 16.5. The summed E-state index contributed by atoms with van der Waals surface area (Å²) >= 11 is 0. The number of amides is 2. The summed E-state index contributed by atoms with van der Waals surface area (Å²) in [6, 6.07) is 9.44. The quantitative estimate of drug-likeness (QED) is 0.367. The van der Waals surface area contributed by atoms with Crippen molar-refractivity contribution >= 4 is 23.5 Å².